The summed E-state index contributed by atoms with van der Waals surface area (Å²) in [6, 6.07) is 0. The van der Waals surface area contributed by atoms with E-state index in [2.05, 4.69) is 0 Å². The van der Waals surface area contributed by atoms with Crippen molar-refractivity contribution in [1.82, 2.24) is 0 Å². The molecule has 0 aromatic rings. The van der Waals surface area contributed by atoms with E-state index in [0.717, 1.165) is 0 Å². The molecule has 0 aliphatic carbocycles. The van der Waals surface area contributed by atoms with Crippen LogP contribution in [-0.2, 0) is 9.59 Å². The average molecular weight is 132 g/mol. The molecule has 0 aromatic heterocycles. The van der Waals surface area contributed by atoms with Crippen LogP contribution in [0.1, 0.15) is 0 Å². The van der Waals surface area contributed by atoms with Crippen molar-refractivity contribution in [2.75, 3.05) is 0 Å². The predicted octanol–water partition coefficient (Wildman–Crippen LogP) is -1.59. The van der Waals surface area contributed by atoms with Crippen LogP contribution in [0.25, 0.3) is 0 Å². The molecular weight excluding hydrogens is 126 g/mol. The molecule has 0 spiro atoms. The van der Waals surface area contributed by atoms with Crippen LogP contribution in [0.3, 0.4) is 0 Å². The van der Waals surface area contributed by atoms with Crippen LogP contribution in [0.15, 0.2) is 12.2 Å². The first kappa shape index (κ1) is 16.5. The number of rotatable bonds is 2. The summed E-state index contributed by atoms with van der Waals surface area (Å²) in [5.41, 5.74) is 0. The average Bonchev–Trinajstić information content (AvgIpc) is 1.61. The molecule has 4 nitrogen and oxygen atoms in total. The van der Waals surface area contributed by atoms with E-state index in [1.807, 2.05) is 0 Å². The van der Waals surface area contributed by atoms with Crippen LogP contribution in [0.5, 0.6) is 0 Å². The summed E-state index contributed by atoms with van der Waals surface area (Å²) in [5, 5.41) is 15.6. The topological polar surface area (TPSA) is 74.6 Å². The van der Waals surface area contributed by atoms with Crippen molar-refractivity contribution in [2.24, 2.45) is 0 Å². The summed E-state index contributed by atoms with van der Waals surface area (Å²) < 4.78 is 0. The van der Waals surface area contributed by atoms with Gasteiger partial charge in [-0.2, -0.15) is 0 Å². The summed E-state index contributed by atoms with van der Waals surface area (Å²) in [5.74, 6) is -2.51. The van der Waals surface area contributed by atoms with Crippen LogP contribution in [0, 0.1) is 0 Å². The van der Waals surface area contributed by atoms with Crippen LogP contribution in [0.2, 0.25) is 0 Å². The van der Waals surface area contributed by atoms with E-state index in [0.29, 0.717) is 12.2 Å². The van der Waals surface area contributed by atoms with Gasteiger partial charge in [0.05, 0.1) is 0 Å². The summed E-state index contributed by atoms with van der Waals surface area (Å²) in [4.78, 5) is 19.1. The Hall–Kier alpha value is -0.125. The predicted molar refractivity (Wildman–Crippen MR) is 38.7 cm³/mol. The first-order valence-electron chi connectivity index (χ1n) is 1.77. The van der Waals surface area contributed by atoms with Crippen molar-refractivity contribution in [3.63, 3.8) is 0 Å². The van der Waals surface area contributed by atoms with E-state index in [9.17, 15) is 9.59 Å². The Morgan fingerprint density at radius 2 is 1.10 bits per heavy atom. The molecule has 0 radical (unpaired) electrons. The Kier molecular flexibility index (Phi) is 14.6. The molecule has 0 heterocycles. The van der Waals surface area contributed by atoms with Crippen LogP contribution >= 0.6 is 0 Å². The molecule has 0 aromatic carbocycles. The van der Waals surface area contributed by atoms with E-state index in [-0.39, 0.29) is 37.7 Å². The Bertz CT molecular complexity index is 126. The molecule has 0 amide bonds. The second kappa shape index (κ2) is 8.87. The molecule has 2 N–H and O–H groups in total. The molecule has 6 heteroatoms. The molecule has 0 rings (SSSR count). The fourth-order valence-corrected chi connectivity index (χ4v) is 0.143. The van der Waals surface area contributed by atoms with Gasteiger partial charge in [-0.05, 0) is 0 Å². The van der Waals surface area contributed by atoms with Crippen molar-refractivity contribution in [1.29, 1.82) is 0 Å². The Morgan fingerprint density at radius 3 is 1.20 bits per heavy atom. The van der Waals surface area contributed by atoms with Gasteiger partial charge in [0.1, 0.15) is 0 Å². The molecule has 0 aliphatic rings. The van der Waals surface area contributed by atoms with Gasteiger partial charge in [-0.25, -0.2) is 9.59 Å². The summed E-state index contributed by atoms with van der Waals surface area (Å²) >= 11 is 0. The molecule has 0 bridgehead atoms. The zero-order valence-electron chi connectivity index (χ0n) is 3.87. The number of hydrogen-bond donors (Lipinski definition) is 2. The van der Waals surface area contributed by atoms with E-state index < -0.39 is 11.9 Å². The maximum atomic E-state index is 9.55. The normalized spacial score (nSPS) is 7.60. The minimum atomic E-state index is -1.26. The standard InChI is InChI=1S/C4H4O4.2Li.2H/c5-3(6)1-2-4(7)8;;;;/h1-2H,(H,5,6)(H,7,8);;;;. The summed E-state index contributed by atoms with van der Waals surface area (Å²) in [7, 11) is 0. The third-order valence-corrected chi connectivity index (χ3v) is 0.368. The van der Waals surface area contributed by atoms with E-state index in [1.165, 1.54) is 0 Å². The zero-order valence-corrected chi connectivity index (χ0v) is 3.87. The molecule has 0 atom stereocenters. The number of hydrogen-bond acceptors (Lipinski definition) is 2. The molecule has 48 valence electrons. The molecule has 0 aliphatic heterocycles. The number of carboxylic acid groups (broad SMARTS) is 2. The monoisotopic (exact) mass is 132 g/mol. The van der Waals surface area contributed by atoms with Gasteiger partial charge in [0.25, 0.3) is 0 Å². The van der Waals surface area contributed by atoms with E-state index >= 15 is 0 Å². The van der Waals surface area contributed by atoms with Crippen molar-refractivity contribution in [3.8, 4) is 0 Å². The van der Waals surface area contributed by atoms with Gasteiger partial charge >= 0.3 is 49.7 Å². The molecule has 0 fully saturated rings. The molecule has 0 saturated carbocycles. The zero-order chi connectivity index (χ0) is 6.57. The molecule has 10 heavy (non-hydrogen) atoms. The van der Waals surface area contributed by atoms with Crippen LogP contribution in [-0.4, -0.2) is 59.9 Å². The van der Waals surface area contributed by atoms with Crippen molar-refractivity contribution in [3.05, 3.63) is 12.2 Å². The third kappa shape index (κ3) is 15.7. The molecule has 0 saturated heterocycles. The van der Waals surface area contributed by atoms with Crippen molar-refractivity contribution in [2.45, 2.75) is 0 Å². The SMILES string of the molecule is O=C(O)C=CC(=O)O.[LiH].[LiH]. The van der Waals surface area contributed by atoms with Gasteiger partial charge < -0.3 is 10.2 Å². The Labute approximate surface area is 81.7 Å². The first-order chi connectivity index (χ1) is 3.63. The van der Waals surface area contributed by atoms with Gasteiger partial charge in [-0.15, -0.1) is 0 Å². The van der Waals surface area contributed by atoms with E-state index in [4.69, 9.17) is 10.2 Å². The summed E-state index contributed by atoms with van der Waals surface area (Å²) in [6.07, 6.45) is 1.12. The van der Waals surface area contributed by atoms with Gasteiger partial charge in [-0.3, -0.25) is 0 Å². The number of aliphatic carboxylic acids is 2. The minimum absolute atomic E-state index is 0. The van der Waals surface area contributed by atoms with Crippen LogP contribution < -0.4 is 0 Å². The number of carbonyl (C=O) groups is 2. The van der Waals surface area contributed by atoms with Gasteiger partial charge in [0.2, 0.25) is 0 Å². The second-order valence-electron chi connectivity index (χ2n) is 1.01. The fourth-order valence-electron chi connectivity index (χ4n) is 0.143. The third-order valence-electron chi connectivity index (χ3n) is 0.368. The second-order valence-corrected chi connectivity index (χ2v) is 1.01. The first-order valence-corrected chi connectivity index (χ1v) is 1.77. The summed E-state index contributed by atoms with van der Waals surface area (Å²) in [6.45, 7) is 0. The Morgan fingerprint density at radius 1 is 0.900 bits per heavy atom. The van der Waals surface area contributed by atoms with Crippen molar-refractivity contribution < 1.29 is 19.8 Å². The molecular formula is C4H6Li2O4. The quantitative estimate of drug-likeness (QED) is 0.351. The number of carboxylic acids is 2. The fraction of sp³-hybridized carbons (Fsp3) is 0. The van der Waals surface area contributed by atoms with Crippen molar-refractivity contribution >= 4 is 49.7 Å². The van der Waals surface area contributed by atoms with E-state index in [1.54, 1.807) is 0 Å². The van der Waals surface area contributed by atoms with Gasteiger partial charge in [0, 0.05) is 12.2 Å². The maximum absolute atomic E-state index is 9.55. The van der Waals surface area contributed by atoms with Gasteiger partial charge in [-0.1, -0.05) is 0 Å². The molecule has 0 unspecified atom stereocenters. The van der Waals surface area contributed by atoms with Crippen LogP contribution in [0.4, 0.5) is 0 Å². The van der Waals surface area contributed by atoms with Gasteiger partial charge in [0.15, 0.2) is 0 Å². The Balaban J connectivity index is -0.000000245.